The summed E-state index contributed by atoms with van der Waals surface area (Å²) in [5.41, 5.74) is 1.82. The molecule has 4 aliphatic rings. The van der Waals surface area contributed by atoms with Gasteiger partial charge in [-0.2, -0.15) is 0 Å². The Hall–Kier alpha value is -1.12. The third kappa shape index (κ3) is 2.23. The van der Waals surface area contributed by atoms with Crippen molar-refractivity contribution in [3.63, 3.8) is 0 Å². The maximum Gasteiger partial charge on any atom is 0.302 e. The summed E-state index contributed by atoms with van der Waals surface area (Å²) in [6.45, 7) is 6.18. The molecule has 3 heteroatoms. The van der Waals surface area contributed by atoms with Crippen LogP contribution in [0.1, 0.15) is 72.1 Å². The van der Waals surface area contributed by atoms with Gasteiger partial charge < -0.3 is 4.74 Å². The molecule has 0 saturated heterocycles. The van der Waals surface area contributed by atoms with E-state index in [1.54, 1.807) is 5.57 Å². The fourth-order valence-electron chi connectivity index (χ4n) is 6.61. The first-order valence-electron chi connectivity index (χ1n) is 9.75. The predicted octanol–water partition coefficient (Wildman–Crippen LogP) is 4.45. The largest absolute Gasteiger partial charge is 0.463 e. The van der Waals surface area contributed by atoms with E-state index in [1.807, 2.05) is 0 Å². The first-order chi connectivity index (χ1) is 11.3. The molecule has 0 spiro atoms. The Morgan fingerprint density at radius 3 is 2.71 bits per heavy atom. The number of esters is 1. The van der Waals surface area contributed by atoms with Crippen molar-refractivity contribution in [3.05, 3.63) is 11.6 Å². The van der Waals surface area contributed by atoms with E-state index in [-0.39, 0.29) is 22.9 Å². The summed E-state index contributed by atoms with van der Waals surface area (Å²) in [5.74, 6) is 2.15. The molecular formula is C21H30O3. The lowest BCUT2D eigenvalue weighted by molar-refractivity contribution is -0.151. The Labute approximate surface area is 145 Å². The molecule has 0 aliphatic heterocycles. The Morgan fingerprint density at radius 1 is 1.17 bits per heavy atom. The van der Waals surface area contributed by atoms with Gasteiger partial charge >= 0.3 is 5.97 Å². The Kier molecular flexibility index (Phi) is 3.71. The molecule has 24 heavy (non-hydrogen) atoms. The van der Waals surface area contributed by atoms with Crippen LogP contribution in [0.15, 0.2) is 11.6 Å². The zero-order valence-corrected chi connectivity index (χ0v) is 15.3. The first-order valence-corrected chi connectivity index (χ1v) is 9.75. The van der Waals surface area contributed by atoms with Gasteiger partial charge in [0.2, 0.25) is 0 Å². The fourth-order valence-corrected chi connectivity index (χ4v) is 6.61. The smallest absolute Gasteiger partial charge is 0.302 e. The van der Waals surface area contributed by atoms with E-state index in [4.69, 9.17) is 4.74 Å². The molecule has 0 bridgehead atoms. The minimum absolute atomic E-state index is 0.0910. The van der Waals surface area contributed by atoms with Gasteiger partial charge in [0.15, 0.2) is 0 Å². The number of fused-ring (bicyclic) bond motifs is 5. The average Bonchev–Trinajstić information content (AvgIpc) is 2.83. The molecule has 0 heterocycles. The molecular weight excluding hydrogens is 300 g/mol. The van der Waals surface area contributed by atoms with E-state index in [0.717, 1.165) is 38.5 Å². The molecule has 0 N–H and O–H groups in total. The maximum absolute atomic E-state index is 12.4. The predicted molar refractivity (Wildman–Crippen MR) is 92.3 cm³/mol. The number of hydrogen-bond donors (Lipinski definition) is 0. The molecule has 3 fully saturated rings. The summed E-state index contributed by atoms with van der Waals surface area (Å²) in [6, 6.07) is 0. The highest BCUT2D eigenvalue weighted by atomic mass is 16.5. The van der Waals surface area contributed by atoms with Crippen LogP contribution in [0.2, 0.25) is 0 Å². The molecule has 0 aromatic rings. The van der Waals surface area contributed by atoms with Crippen LogP contribution in [0.3, 0.4) is 0 Å². The number of hydrogen-bond acceptors (Lipinski definition) is 3. The van der Waals surface area contributed by atoms with Gasteiger partial charge in [-0.05, 0) is 68.1 Å². The molecule has 4 aliphatic carbocycles. The van der Waals surface area contributed by atoms with Crippen LogP contribution in [0.25, 0.3) is 0 Å². The van der Waals surface area contributed by atoms with Gasteiger partial charge in [0.05, 0.1) is 0 Å². The van der Waals surface area contributed by atoms with Gasteiger partial charge in [-0.15, -0.1) is 0 Å². The molecule has 4 rings (SSSR count). The summed E-state index contributed by atoms with van der Waals surface area (Å²) < 4.78 is 5.52. The van der Waals surface area contributed by atoms with E-state index >= 15 is 0 Å². The third-order valence-corrected chi connectivity index (χ3v) is 8.02. The first kappa shape index (κ1) is 16.4. The van der Waals surface area contributed by atoms with E-state index in [9.17, 15) is 9.59 Å². The van der Waals surface area contributed by atoms with Crippen LogP contribution in [-0.2, 0) is 14.3 Å². The number of allylic oxidation sites excluding steroid dienone is 2. The van der Waals surface area contributed by atoms with Crippen molar-refractivity contribution in [2.75, 3.05) is 0 Å². The Bertz CT molecular complexity index is 606. The molecule has 0 unspecified atom stereocenters. The summed E-state index contributed by atoms with van der Waals surface area (Å²) in [5, 5.41) is 0. The van der Waals surface area contributed by atoms with Crippen molar-refractivity contribution in [1.82, 2.24) is 0 Å². The highest BCUT2D eigenvalue weighted by Gasteiger charge is 2.57. The van der Waals surface area contributed by atoms with Gasteiger partial charge in [0, 0.05) is 18.8 Å². The lowest BCUT2D eigenvalue weighted by Gasteiger charge is -2.56. The van der Waals surface area contributed by atoms with Gasteiger partial charge in [-0.3, -0.25) is 9.59 Å². The highest BCUT2D eigenvalue weighted by Crippen LogP contribution is 2.63. The molecule has 0 aromatic carbocycles. The number of rotatable bonds is 1. The van der Waals surface area contributed by atoms with Crippen molar-refractivity contribution in [2.24, 2.45) is 28.6 Å². The van der Waals surface area contributed by atoms with Crippen molar-refractivity contribution in [1.29, 1.82) is 0 Å². The molecule has 0 amide bonds. The zero-order valence-electron chi connectivity index (χ0n) is 15.3. The number of ether oxygens (including phenoxy) is 1. The van der Waals surface area contributed by atoms with Crippen LogP contribution < -0.4 is 0 Å². The van der Waals surface area contributed by atoms with Crippen molar-refractivity contribution in [3.8, 4) is 0 Å². The topological polar surface area (TPSA) is 43.4 Å². The normalized spacial score (nSPS) is 47.3. The van der Waals surface area contributed by atoms with Crippen molar-refractivity contribution < 1.29 is 14.3 Å². The molecule has 6 atom stereocenters. The second-order valence-electron chi connectivity index (χ2n) is 9.15. The van der Waals surface area contributed by atoms with Crippen LogP contribution >= 0.6 is 0 Å². The third-order valence-electron chi connectivity index (χ3n) is 8.02. The summed E-state index contributed by atoms with van der Waals surface area (Å²) >= 11 is 0. The lowest BCUT2D eigenvalue weighted by Crippen LogP contribution is -2.49. The molecule has 0 radical (unpaired) electrons. The molecule has 3 nitrogen and oxygen atoms in total. The number of carbonyl (C=O) groups is 2. The number of carbonyl (C=O) groups excluding carboxylic acids is 2. The lowest BCUT2D eigenvalue weighted by atomic mass is 9.49. The van der Waals surface area contributed by atoms with Crippen LogP contribution in [-0.4, -0.2) is 17.9 Å². The van der Waals surface area contributed by atoms with E-state index in [0.29, 0.717) is 23.5 Å². The van der Waals surface area contributed by atoms with Gasteiger partial charge in [-0.25, -0.2) is 0 Å². The van der Waals surface area contributed by atoms with E-state index < -0.39 is 0 Å². The Morgan fingerprint density at radius 2 is 1.96 bits per heavy atom. The highest BCUT2D eigenvalue weighted by molar-refractivity contribution is 5.87. The molecule has 3 saturated carbocycles. The van der Waals surface area contributed by atoms with E-state index in [2.05, 4.69) is 19.9 Å². The van der Waals surface area contributed by atoms with E-state index in [1.165, 1.54) is 19.8 Å². The molecule has 132 valence electrons. The van der Waals surface area contributed by atoms with Gasteiger partial charge in [0.25, 0.3) is 0 Å². The second kappa shape index (κ2) is 5.44. The second-order valence-corrected chi connectivity index (χ2v) is 9.15. The zero-order chi connectivity index (χ0) is 17.1. The monoisotopic (exact) mass is 330 g/mol. The van der Waals surface area contributed by atoms with Crippen LogP contribution in [0.5, 0.6) is 0 Å². The van der Waals surface area contributed by atoms with Gasteiger partial charge in [-0.1, -0.05) is 25.5 Å². The van der Waals surface area contributed by atoms with Gasteiger partial charge in [0.1, 0.15) is 11.9 Å². The van der Waals surface area contributed by atoms with Crippen molar-refractivity contribution in [2.45, 2.75) is 78.2 Å². The summed E-state index contributed by atoms with van der Waals surface area (Å²) in [7, 11) is 0. The minimum atomic E-state index is -0.144. The number of Topliss-reactive ketones (excluding diaryl/α,β-unsaturated/α-hetero) is 1. The average molecular weight is 330 g/mol. The van der Waals surface area contributed by atoms with Crippen LogP contribution in [0.4, 0.5) is 0 Å². The number of ketones is 1. The SMILES string of the molecule is CC(=O)O[C@@H]1CC[C@]2(C)C3=CC[C@]4(C)C(=O)CC[C@H]4[C@@H]3CC[C@@H]2C1. The fraction of sp³-hybridized carbons (Fsp3) is 0.810. The quantitative estimate of drug-likeness (QED) is 0.527. The van der Waals surface area contributed by atoms with Crippen molar-refractivity contribution >= 4 is 11.8 Å². The summed E-state index contributed by atoms with van der Waals surface area (Å²) in [6.07, 6.45) is 10.9. The summed E-state index contributed by atoms with van der Waals surface area (Å²) in [4.78, 5) is 23.7. The standard InChI is InChI=1S/C21H30O3/c1-13(22)24-15-8-10-20(2)14(12-15)4-5-16-17-6-7-19(23)21(17,3)11-9-18(16)20/h9,14-17H,4-8,10-12H2,1-3H3/t14-,15-,16+,17+,20+,21+/m1/s1. The van der Waals surface area contributed by atoms with Crippen LogP contribution in [0, 0.1) is 28.6 Å². The minimum Gasteiger partial charge on any atom is -0.463 e. The Balaban J connectivity index is 1.60. The molecule has 0 aromatic heterocycles. The maximum atomic E-state index is 12.4.